The van der Waals surface area contributed by atoms with Gasteiger partial charge in [-0.2, -0.15) is 0 Å². The smallest absolute Gasteiger partial charge is 0.255 e. The average Bonchev–Trinajstić information content (AvgIpc) is 3.34. The summed E-state index contributed by atoms with van der Waals surface area (Å²) in [6.45, 7) is 8.40. The Kier molecular flexibility index (Phi) is 7.86. The second-order valence-electron chi connectivity index (χ2n) is 10.2. The van der Waals surface area contributed by atoms with E-state index in [0.717, 1.165) is 11.3 Å². The van der Waals surface area contributed by atoms with Crippen molar-refractivity contribution >= 4 is 23.4 Å². The van der Waals surface area contributed by atoms with E-state index in [2.05, 4.69) is 61.9 Å². The third-order valence-corrected chi connectivity index (χ3v) is 7.06. The Labute approximate surface area is 218 Å². The number of carbonyl (C=O) groups is 2. The zero-order valence-electron chi connectivity index (χ0n) is 21.4. The fourth-order valence-corrected chi connectivity index (χ4v) is 4.90. The third kappa shape index (κ3) is 5.50. The van der Waals surface area contributed by atoms with Crippen LogP contribution in [0.25, 0.3) is 0 Å². The zero-order chi connectivity index (χ0) is 25.9. The van der Waals surface area contributed by atoms with Crippen molar-refractivity contribution < 1.29 is 14.3 Å². The van der Waals surface area contributed by atoms with Gasteiger partial charge in [-0.25, -0.2) is 0 Å². The summed E-state index contributed by atoms with van der Waals surface area (Å²) in [6.07, 6.45) is 2.06. The molecule has 1 aliphatic heterocycles. The van der Waals surface area contributed by atoms with Crippen LogP contribution >= 0.6 is 11.6 Å². The molecule has 3 aromatic rings. The Hall–Kier alpha value is -3.09. The Morgan fingerprint density at radius 1 is 1.03 bits per heavy atom. The minimum atomic E-state index is -0.280. The second-order valence-corrected chi connectivity index (χ2v) is 10.6. The molecule has 0 fully saturated rings. The van der Waals surface area contributed by atoms with Gasteiger partial charge in [-0.3, -0.25) is 9.59 Å². The maximum Gasteiger partial charge on any atom is 0.255 e. The summed E-state index contributed by atoms with van der Waals surface area (Å²) < 4.78 is 7.42. The first kappa shape index (κ1) is 26.0. The predicted octanol–water partition coefficient (Wildman–Crippen LogP) is 5.16. The normalized spacial score (nSPS) is 15.5. The number of carbonyl (C=O) groups excluding carboxylic acids is 2. The molecule has 0 saturated heterocycles. The molecule has 36 heavy (non-hydrogen) atoms. The number of amides is 2. The highest BCUT2D eigenvalue weighted by molar-refractivity contribution is 6.33. The highest BCUT2D eigenvalue weighted by atomic mass is 35.5. The monoisotopic (exact) mass is 507 g/mol. The van der Waals surface area contributed by atoms with Crippen molar-refractivity contribution in [2.75, 3.05) is 33.4 Å². The number of benzene rings is 2. The number of halogens is 1. The van der Waals surface area contributed by atoms with Gasteiger partial charge < -0.3 is 19.1 Å². The van der Waals surface area contributed by atoms with Crippen LogP contribution in [0.1, 0.15) is 54.0 Å². The van der Waals surface area contributed by atoms with Gasteiger partial charge in [0.05, 0.1) is 23.2 Å². The minimum absolute atomic E-state index is 0.0434. The molecule has 2 heterocycles. The summed E-state index contributed by atoms with van der Waals surface area (Å²) in [7, 11) is 1.58. The Balaban J connectivity index is 1.63. The fourth-order valence-electron chi connectivity index (χ4n) is 4.68. The molecule has 6 nitrogen and oxygen atoms in total. The molecule has 0 aliphatic carbocycles. The number of rotatable bonds is 7. The summed E-state index contributed by atoms with van der Waals surface area (Å²) in [5, 5.41) is 0.366. The molecule has 4 rings (SSSR count). The lowest BCUT2D eigenvalue weighted by Gasteiger charge is -2.38. The molecule has 1 aromatic heterocycles. The van der Waals surface area contributed by atoms with Crippen molar-refractivity contribution in [3.63, 3.8) is 0 Å². The van der Waals surface area contributed by atoms with E-state index in [1.165, 1.54) is 10.5 Å². The van der Waals surface area contributed by atoms with Gasteiger partial charge in [0.1, 0.15) is 6.54 Å². The number of fused-ring (bicyclic) bond motifs is 1. The lowest BCUT2D eigenvalue weighted by molar-refractivity contribution is -0.134. The number of methoxy groups -OCH3 is 1. The maximum absolute atomic E-state index is 13.8. The quantitative estimate of drug-likeness (QED) is 0.444. The zero-order valence-corrected chi connectivity index (χ0v) is 22.2. The van der Waals surface area contributed by atoms with Crippen LogP contribution < -0.4 is 0 Å². The SMILES string of the molecule is COCCN(CC(=O)N1CCn2cccc2C1c1ccc(C(C)(C)C)cc1)C(=O)c1ccccc1Cl. The van der Waals surface area contributed by atoms with E-state index >= 15 is 0 Å². The molecule has 0 spiro atoms. The molecule has 190 valence electrons. The molecular formula is C29H34ClN3O3. The van der Waals surface area contributed by atoms with E-state index in [0.29, 0.717) is 36.8 Å². The molecule has 2 amide bonds. The number of ether oxygens (including phenoxy) is 1. The summed E-state index contributed by atoms with van der Waals surface area (Å²) in [6, 6.07) is 19.3. The van der Waals surface area contributed by atoms with Crippen LogP contribution in [0.5, 0.6) is 0 Å². The van der Waals surface area contributed by atoms with E-state index < -0.39 is 0 Å². The second kappa shape index (κ2) is 10.9. The lowest BCUT2D eigenvalue weighted by atomic mass is 9.86. The van der Waals surface area contributed by atoms with Gasteiger partial charge in [-0.05, 0) is 40.8 Å². The van der Waals surface area contributed by atoms with Crippen LogP contribution in [-0.2, 0) is 21.5 Å². The molecule has 0 radical (unpaired) electrons. The molecule has 0 bridgehead atoms. The molecule has 0 N–H and O–H groups in total. The average molecular weight is 508 g/mol. The molecule has 7 heteroatoms. The first-order valence-electron chi connectivity index (χ1n) is 12.3. The molecule has 1 atom stereocenters. The Morgan fingerprint density at radius 2 is 1.75 bits per heavy atom. The minimum Gasteiger partial charge on any atom is -0.383 e. The van der Waals surface area contributed by atoms with E-state index in [1.807, 2.05) is 11.0 Å². The highest BCUT2D eigenvalue weighted by Crippen LogP contribution is 2.34. The highest BCUT2D eigenvalue weighted by Gasteiger charge is 2.34. The molecule has 0 saturated carbocycles. The van der Waals surface area contributed by atoms with Crippen LogP contribution in [0.15, 0.2) is 66.9 Å². The molecule has 2 aromatic carbocycles. The van der Waals surface area contributed by atoms with Gasteiger partial charge in [-0.15, -0.1) is 0 Å². The van der Waals surface area contributed by atoms with Crippen molar-refractivity contribution in [2.24, 2.45) is 0 Å². The van der Waals surface area contributed by atoms with Crippen molar-refractivity contribution in [2.45, 2.75) is 38.8 Å². The largest absolute Gasteiger partial charge is 0.383 e. The van der Waals surface area contributed by atoms with E-state index in [-0.39, 0.29) is 29.8 Å². The van der Waals surface area contributed by atoms with Gasteiger partial charge >= 0.3 is 0 Å². The fraction of sp³-hybridized carbons (Fsp3) is 0.379. The summed E-state index contributed by atoms with van der Waals surface area (Å²) in [4.78, 5) is 30.5. The summed E-state index contributed by atoms with van der Waals surface area (Å²) in [5.41, 5.74) is 3.79. The van der Waals surface area contributed by atoms with Gasteiger partial charge in [0.2, 0.25) is 5.91 Å². The maximum atomic E-state index is 13.8. The van der Waals surface area contributed by atoms with Gasteiger partial charge in [-0.1, -0.05) is 68.8 Å². The van der Waals surface area contributed by atoms with Crippen LogP contribution in [0.2, 0.25) is 5.02 Å². The first-order chi connectivity index (χ1) is 17.2. The van der Waals surface area contributed by atoms with Crippen molar-refractivity contribution in [1.82, 2.24) is 14.4 Å². The summed E-state index contributed by atoms with van der Waals surface area (Å²) in [5.74, 6) is -0.388. The number of nitrogens with zero attached hydrogens (tertiary/aromatic N) is 3. The van der Waals surface area contributed by atoms with Crippen molar-refractivity contribution in [1.29, 1.82) is 0 Å². The predicted molar refractivity (Wildman–Crippen MR) is 142 cm³/mol. The van der Waals surface area contributed by atoms with Gasteiger partial charge in [0, 0.05) is 38.6 Å². The first-order valence-corrected chi connectivity index (χ1v) is 12.7. The summed E-state index contributed by atoms with van der Waals surface area (Å²) >= 11 is 6.30. The van der Waals surface area contributed by atoms with Crippen LogP contribution in [0.3, 0.4) is 0 Å². The van der Waals surface area contributed by atoms with E-state index in [9.17, 15) is 9.59 Å². The van der Waals surface area contributed by atoms with E-state index in [1.54, 1.807) is 31.4 Å². The number of hydrogen-bond donors (Lipinski definition) is 0. The Bertz CT molecular complexity index is 1210. The molecular weight excluding hydrogens is 474 g/mol. The van der Waals surface area contributed by atoms with Gasteiger partial charge in [0.15, 0.2) is 0 Å². The lowest BCUT2D eigenvalue weighted by Crippen LogP contribution is -2.48. The third-order valence-electron chi connectivity index (χ3n) is 6.73. The van der Waals surface area contributed by atoms with Crippen LogP contribution in [-0.4, -0.2) is 59.5 Å². The van der Waals surface area contributed by atoms with E-state index in [4.69, 9.17) is 16.3 Å². The van der Waals surface area contributed by atoms with Gasteiger partial charge in [0.25, 0.3) is 5.91 Å². The van der Waals surface area contributed by atoms with Crippen molar-refractivity contribution in [3.05, 3.63) is 94.3 Å². The number of hydrogen-bond acceptors (Lipinski definition) is 3. The standard InChI is InChI=1S/C29H34ClN3O3/c1-29(2,3)22-13-11-21(12-14-22)27-25-10-7-15-31(25)16-17-33(27)26(34)20-32(18-19-36-4)28(35)23-8-5-6-9-24(23)30/h5-15,27H,16-20H2,1-4H3. The molecule has 1 aliphatic rings. The van der Waals surface area contributed by atoms with Crippen LogP contribution in [0.4, 0.5) is 0 Å². The van der Waals surface area contributed by atoms with Crippen LogP contribution in [0, 0.1) is 0 Å². The number of aromatic nitrogens is 1. The molecule has 1 unspecified atom stereocenters. The topological polar surface area (TPSA) is 54.8 Å². The Morgan fingerprint density at radius 3 is 2.42 bits per heavy atom. The van der Waals surface area contributed by atoms with Crippen molar-refractivity contribution in [3.8, 4) is 0 Å².